The second-order valence-corrected chi connectivity index (χ2v) is 23.3. The first-order valence-electron chi connectivity index (χ1n) is 28.5. The average molecular weight is 1200 g/mol. The molecule has 1 unspecified atom stereocenters. The summed E-state index contributed by atoms with van der Waals surface area (Å²) in [5.41, 5.74) is 6.37. The molecule has 2 fully saturated rings. The molecule has 0 saturated carbocycles. The zero-order chi connectivity index (χ0) is 59.1. The lowest BCUT2D eigenvalue weighted by Crippen LogP contribution is -2.47. The van der Waals surface area contributed by atoms with Crippen molar-refractivity contribution in [3.05, 3.63) is 139 Å². The molecule has 4 N–H and O–H groups in total. The second kappa shape index (κ2) is 26.2. The van der Waals surface area contributed by atoms with E-state index in [0.717, 1.165) is 114 Å². The number of ether oxygens (including phenoxy) is 5. The van der Waals surface area contributed by atoms with E-state index in [9.17, 15) is 9.59 Å². The van der Waals surface area contributed by atoms with Crippen molar-refractivity contribution in [2.24, 2.45) is 0 Å². The zero-order valence-electron chi connectivity index (χ0n) is 48.5. The van der Waals surface area contributed by atoms with Gasteiger partial charge in [-0.2, -0.15) is 0 Å². The van der Waals surface area contributed by atoms with Gasteiger partial charge in [-0.15, -0.1) is 0 Å². The molecule has 0 radical (unpaired) electrons. The van der Waals surface area contributed by atoms with Crippen LogP contribution < -0.4 is 45.0 Å². The fourth-order valence-corrected chi connectivity index (χ4v) is 12.6. The predicted molar refractivity (Wildman–Crippen MR) is 339 cm³/mol. The number of hydrogen-bond acceptors (Lipinski definition) is 21. The van der Waals surface area contributed by atoms with Crippen LogP contribution in [0, 0.1) is 0 Å². The van der Waals surface area contributed by atoms with Gasteiger partial charge in [0.05, 0.1) is 71.6 Å². The first-order chi connectivity index (χ1) is 42.0. The van der Waals surface area contributed by atoms with E-state index >= 15 is 0 Å². The van der Waals surface area contributed by atoms with Gasteiger partial charge in [-0.05, 0) is 105 Å². The third kappa shape index (κ3) is 13.2. The van der Waals surface area contributed by atoms with Crippen molar-refractivity contribution in [2.45, 2.75) is 18.9 Å². The Kier molecular flexibility index (Phi) is 17.5. The summed E-state index contributed by atoms with van der Waals surface area (Å²) in [7, 11) is 9.10. The lowest BCUT2D eigenvalue weighted by molar-refractivity contribution is 0.0908. The molecule has 10 aromatic rings. The standard InChI is InChI=1S/C63H66N14O7S2/c1-74-21-24-76(25-22-74)19-9-27-83-54-34-48-44(32-52(54)81-4)58(66-37-64-48)72-62-70-46-17-15-41(30-56(46)85-62)68-60(78)40-12-8-11-39(29-40)50-36-77(26-23-75(50)2)20-10-28-84-55-35-49-45(33-53(55)82-5)59(67-38-65-49)73-63-71-47-18-16-42(31-57(47)86-63)69-61(79)43-13-6-7-14-51(43)80-3/h6-8,11-18,29-35,37-38,50H,9-10,19-28,36H2,1-5H3,(H,68,78)(H,69,79)(H,64,66,70,72)(H,65,67,71,73). The summed E-state index contributed by atoms with van der Waals surface area (Å²) in [6, 6.07) is 34.0. The molecule has 2 amide bonds. The first kappa shape index (κ1) is 57.6. The van der Waals surface area contributed by atoms with Gasteiger partial charge < -0.3 is 59.7 Å². The molecule has 2 aliphatic rings. The van der Waals surface area contributed by atoms with Crippen molar-refractivity contribution >= 4 is 110 Å². The largest absolute Gasteiger partial charge is 0.496 e. The SMILES string of the molecule is COc1cc2c(Nc3nc4ccc(NC(=O)c5cccc(C6CN(CCCOc7cc8ncnc(Nc9nc%10ccc(NC(=O)c%11ccccc%11OC)cc%10s9)c8cc7OC)CCN6C)c5)cc4s3)ncnc2cc1OCCCN1CCN(C)CC1. The number of aromatic nitrogens is 6. The minimum absolute atomic E-state index is 0.0867. The summed E-state index contributed by atoms with van der Waals surface area (Å²) >= 11 is 2.91. The van der Waals surface area contributed by atoms with Crippen LogP contribution >= 0.6 is 22.7 Å². The Morgan fingerprint density at radius 2 is 1.10 bits per heavy atom. The number of hydrogen-bond donors (Lipinski definition) is 4. The van der Waals surface area contributed by atoms with E-state index in [1.54, 1.807) is 39.5 Å². The van der Waals surface area contributed by atoms with Crippen LogP contribution in [0.2, 0.25) is 0 Å². The zero-order valence-corrected chi connectivity index (χ0v) is 50.1. The molecule has 86 heavy (non-hydrogen) atoms. The number of rotatable bonds is 22. The summed E-state index contributed by atoms with van der Waals surface area (Å²) in [6.45, 7) is 9.78. The Morgan fingerprint density at radius 3 is 1.70 bits per heavy atom. The topological polar surface area (TPSA) is 219 Å². The quantitative estimate of drug-likeness (QED) is 0.0464. The van der Waals surface area contributed by atoms with E-state index < -0.39 is 0 Å². The van der Waals surface area contributed by atoms with Crippen molar-refractivity contribution in [1.29, 1.82) is 0 Å². The maximum atomic E-state index is 13.9. The molecule has 21 nitrogen and oxygen atoms in total. The highest BCUT2D eigenvalue weighted by Gasteiger charge is 2.27. The molecule has 0 aliphatic carbocycles. The van der Waals surface area contributed by atoms with Gasteiger partial charge in [-0.25, -0.2) is 29.9 Å². The summed E-state index contributed by atoms with van der Waals surface area (Å²) < 4.78 is 31.4. The van der Waals surface area contributed by atoms with Gasteiger partial charge >= 0.3 is 0 Å². The van der Waals surface area contributed by atoms with E-state index in [1.807, 2.05) is 84.9 Å². The molecule has 0 bridgehead atoms. The first-order valence-corrected chi connectivity index (χ1v) is 30.1. The van der Waals surface area contributed by atoms with Crippen LogP contribution in [0.25, 0.3) is 42.2 Å². The molecule has 0 spiro atoms. The number of amides is 2. The minimum atomic E-state index is -0.268. The molecule has 2 saturated heterocycles. The highest BCUT2D eigenvalue weighted by molar-refractivity contribution is 7.22. The number of thiazole rings is 2. The number of likely N-dealkylation sites (N-methyl/N-ethyl adjacent to an activating group) is 2. The molecule has 2 aliphatic heterocycles. The molecule has 442 valence electrons. The Bertz CT molecular complexity index is 4080. The lowest BCUT2D eigenvalue weighted by atomic mass is 10.00. The van der Waals surface area contributed by atoms with Crippen LogP contribution in [-0.2, 0) is 0 Å². The molecule has 1 atom stereocenters. The number of methoxy groups -OCH3 is 3. The van der Waals surface area contributed by atoms with Crippen LogP contribution in [-0.4, -0.2) is 169 Å². The van der Waals surface area contributed by atoms with Crippen LogP contribution in [0.3, 0.4) is 0 Å². The second-order valence-electron chi connectivity index (χ2n) is 21.2. The number of para-hydroxylation sites is 1. The third-order valence-electron chi connectivity index (χ3n) is 15.6. The Morgan fingerprint density at radius 1 is 0.547 bits per heavy atom. The van der Waals surface area contributed by atoms with Crippen molar-refractivity contribution in [1.82, 2.24) is 49.5 Å². The summed E-state index contributed by atoms with van der Waals surface area (Å²) in [6.07, 6.45) is 4.73. The van der Waals surface area contributed by atoms with Crippen LogP contribution in [0.5, 0.6) is 28.7 Å². The van der Waals surface area contributed by atoms with E-state index in [4.69, 9.17) is 33.7 Å². The van der Waals surface area contributed by atoms with E-state index in [0.29, 0.717) is 91.9 Å². The minimum Gasteiger partial charge on any atom is -0.496 e. The Labute approximate surface area is 505 Å². The number of anilines is 6. The molecule has 12 rings (SSSR count). The van der Waals surface area contributed by atoms with E-state index in [-0.39, 0.29) is 17.9 Å². The van der Waals surface area contributed by atoms with Crippen LogP contribution in [0.15, 0.2) is 122 Å². The fraction of sp³-hybridized carbons (Fsp3) is 0.302. The van der Waals surface area contributed by atoms with Crippen molar-refractivity contribution in [3.8, 4) is 28.7 Å². The highest BCUT2D eigenvalue weighted by Crippen LogP contribution is 2.39. The van der Waals surface area contributed by atoms with Crippen LogP contribution in [0.4, 0.5) is 33.3 Å². The Balaban J connectivity index is 0.634. The number of carbonyl (C=O) groups excluding carboxylic acids is 2. The maximum Gasteiger partial charge on any atom is 0.259 e. The molecule has 6 heterocycles. The lowest BCUT2D eigenvalue weighted by Gasteiger charge is -2.40. The number of nitrogens with one attached hydrogen (secondary N) is 4. The van der Waals surface area contributed by atoms with Gasteiger partial charge in [0.25, 0.3) is 11.8 Å². The summed E-state index contributed by atoms with van der Waals surface area (Å²) in [4.78, 5) is 64.5. The monoisotopic (exact) mass is 1190 g/mol. The number of benzene rings is 6. The van der Waals surface area contributed by atoms with Crippen molar-refractivity contribution < 1.29 is 33.3 Å². The fourth-order valence-electron chi connectivity index (χ4n) is 10.8. The highest BCUT2D eigenvalue weighted by atomic mass is 32.1. The predicted octanol–water partition coefficient (Wildman–Crippen LogP) is 10.6. The Hall–Kier alpha value is -8.84. The number of nitrogens with zero attached hydrogens (tertiary/aromatic N) is 10. The van der Waals surface area contributed by atoms with Gasteiger partial charge in [-0.3, -0.25) is 14.5 Å². The molecule has 23 heteroatoms. The average Bonchev–Trinajstić information content (AvgIpc) is 3.48. The smallest absolute Gasteiger partial charge is 0.259 e. The van der Waals surface area contributed by atoms with Gasteiger partial charge in [-0.1, -0.05) is 46.9 Å². The van der Waals surface area contributed by atoms with Gasteiger partial charge in [0, 0.05) is 105 Å². The molecule has 4 aromatic heterocycles. The van der Waals surface area contributed by atoms with Gasteiger partial charge in [0.2, 0.25) is 0 Å². The van der Waals surface area contributed by atoms with E-state index in [1.165, 1.54) is 35.3 Å². The molecule has 6 aromatic carbocycles. The number of fused-ring (bicyclic) bond motifs is 4. The summed E-state index contributed by atoms with van der Waals surface area (Å²) in [5, 5.41) is 15.7. The maximum absolute atomic E-state index is 13.9. The van der Waals surface area contributed by atoms with E-state index in [2.05, 4.69) is 81.0 Å². The van der Waals surface area contributed by atoms with Gasteiger partial charge in [0.1, 0.15) is 30.0 Å². The molecular formula is C63H66N14O7S2. The third-order valence-corrected chi connectivity index (χ3v) is 17.4. The normalized spacial score (nSPS) is 15.2. The van der Waals surface area contributed by atoms with Crippen molar-refractivity contribution in [3.63, 3.8) is 0 Å². The van der Waals surface area contributed by atoms with Crippen molar-refractivity contribution in [2.75, 3.05) is 129 Å². The summed E-state index contributed by atoms with van der Waals surface area (Å²) in [5.74, 6) is 3.60. The van der Waals surface area contributed by atoms with Crippen LogP contribution in [0.1, 0.15) is 45.2 Å². The number of carbonyl (C=O) groups is 2. The van der Waals surface area contributed by atoms with Gasteiger partial charge in [0.15, 0.2) is 33.3 Å². The number of piperazine rings is 2. The molecular weight excluding hydrogens is 1130 g/mol.